The quantitative estimate of drug-likeness (QED) is 0.378. The lowest BCUT2D eigenvalue weighted by molar-refractivity contribution is -0.380. The molecule has 3 rings (SSSR count). The maximum atomic E-state index is 11.8. The molecule has 1 atom stereocenters. The minimum atomic E-state index is -1.07. The zero-order chi connectivity index (χ0) is 19.2. The normalized spacial score (nSPS) is 11.6. The number of thiophene rings is 1. The number of rotatable bonds is 7. The maximum absolute atomic E-state index is 11.8. The Morgan fingerprint density at radius 2 is 1.56 bits per heavy atom. The van der Waals surface area contributed by atoms with Gasteiger partial charge in [-0.05, 0) is 6.07 Å². The van der Waals surface area contributed by atoms with E-state index in [4.69, 9.17) is 0 Å². The van der Waals surface area contributed by atoms with Crippen molar-refractivity contribution in [2.24, 2.45) is 4.99 Å². The molecule has 1 aromatic heterocycles. The molecule has 0 spiro atoms. The summed E-state index contributed by atoms with van der Waals surface area (Å²) < 4.78 is 0. The molecule has 0 radical (unpaired) electrons. The van der Waals surface area contributed by atoms with Crippen LogP contribution in [0.5, 0.6) is 0 Å². The highest BCUT2D eigenvalue weighted by atomic mass is 32.1. The fourth-order valence-electron chi connectivity index (χ4n) is 2.62. The van der Waals surface area contributed by atoms with Crippen LogP contribution in [0.4, 0.5) is 5.00 Å². The Balaban J connectivity index is 1.99. The van der Waals surface area contributed by atoms with E-state index in [1.165, 1.54) is 6.07 Å². The molecule has 0 aliphatic carbocycles. The van der Waals surface area contributed by atoms with Crippen LogP contribution in [0.25, 0.3) is 0 Å². The first-order valence-corrected chi connectivity index (χ1v) is 9.01. The molecule has 7 heteroatoms. The lowest BCUT2D eigenvalue weighted by Crippen LogP contribution is -2.23. The van der Waals surface area contributed by atoms with Crippen LogP contribution in [0.1, 0.15) is 16.0 Å². The fraction of sp³-hybridized carbons (Fsp3) is 0.100. The summed E-state index contributed by atoms with van der Waals surface area (Å²) in [6.07, 6.45) is 0.0943. The van der Waals surface area contributed by atoms with E-state index in [9.17, 15) is 20.0 Å². The van der Waals surface area contributed by atoms with Gasteiger partial charge in [-0.1, -0.05) is 72.0 Å². The van der Waals surface area contributed by atoms with Crippen molar-refractivity contribution in [1.82, 2.24) is 0 Å². The van der Waals surface area contributed by atoms with Crippen LogP contribution in [0, 0.1) is 10.1 Å². The third kappa shape index (κ3) is 4.65. The minimum absolute atomic E-state index is 0.00976. The Bertz CT molecular complexity index is 926. The average molecular weight is 380 g/mol. The van der Waals surface area contributed by atoms with Crippen LogP contribution in [-0.4, -0.2) is 27.8 Å². The number of aliphatic imine (C=N–C) groups is 1. The van der Waals surface area contributed by atoms with Gasteiger partial charge in [-0.15, -0.1) is 0 Å². The molecule has 0 fully saturated rings. The molecule has 6 nitrogen and oxygen atoms in total. The van der Waals surface area contributed by atoms with Gasteiger partial charge in [0, 0.05) is 28.5 Å². The summed E-state index contributed by atoms with van der Waals surface area (Å²) in [6.45, 7) is 0. The lowest BCUT2D eigenvalue weighted by atomic mass is 10.0. The predicted molar refractivity (Wildman–Crippen MR) is 105 cm³/mol. The Hall–Kier alpha value is -3.32. The minimum Gasteiger partial charge on any atom is -0.480 e. The largest absolute Gasteiger partial charge is 0.480 e. The first-order valence-electron chi connectivity index (χ1n) is 8.19. The average Bonchev–Trinajstić information content (AvgIpc) is 3.15. The number of hydrogen-bond acceptors (Lipinski definition) is 5. The summed E-state index contributed by atoms with van der Waals surface area (Å²) in [4.78, 5) is 27.3. The number of hydrogen-bond donors (Lipinski definition) is 1. The number of benzene rings is 2. The van der Waals surface area contributed by atoms with Crippen molar-refractivity contribution in [3.8, 4) is 0 Å². The molecule has 1 N–H and O–H groups in total. The number of carboxylic acids is 1. The van der Waals surface area contributed by atoms with Gasteiger partial charge in [0.1, 0.15) is 0 Å². The fourth-order valence-corrected chi connectivity index (χ4v) is 3.47. The second-order valence-corrected chi connectivity index (χ2v) is 6.91. The number of nitro groups is 1. The van der Waals surface area contributed by atoms with Gasteiger partial charge in [-0.25, -0.2) is 4.79 Å². The molecule has 0 aliphatic rings. The maximum Gasteiger partial charge on any atom is 0.328 e. The lowest BCUT2D eigenvalue weighted by Gasteiger charge is -2.12. The van der Waals surface area contributed by atoms with Crippen molar-refractivity contribution in [2.45, 2.75) is 12.5 Å². The van der Waals surface area contributed by atoms with Crippen molar-refractivity contribution in [1.29, 1.82) is 0 Å². The zero-order valence-electron chi connectivity index (χ0n) is 14.2. The Kier molecular flexibility index (Phi) is 5.73. The molecule has 0 bridgehead atoms. The van der Waals surface area contributed by atoms with Gasteiger partial charge in [-0.2, -0.15) is 0 Å². The molecule has 3 aromatic rings. The van der Waals surface area contributed by atoms with E-state index in [2.05, 4.69) is 4.99 Å². The molecule has 1 heterocycles. The van der Waals surface area contributed by atoms with Crippen LogP contribution in [0.15, 0.2) is 77.8 Å². The zero-order valence-corrected chi connectivity index (χ0v) is 15.0. The highest BCUT2D eigenvalue weighted by Crippen LogP contribution is 2.26. The second kappa shape index (κ2) is 8.37. The van der Waals surface area contributed by atoms with E-state index in [0.29, 0.717) is 10.6 Å². The predicted octanol–water partition coefficient (Wildman–Crippen LogP) is 4.19. The highest BCUT2D eigenvalue weighted by molar-refractivity contribution is 7.15. The van der Waals surface area contributed by atoms with Crippen molar-refractivity contribution in [3.05, 3.63) is 98.9 Å². The van der Waals surface area contributed by atoms with Crippen molar-refractivity contribution < 1.29 is 14.8 Å². The molecule has 27 heavy (non-hydrogen) atoms. The molecule has 2 aromatic carbocycles. The Morgan fingerprint density at radius 1 is 1.00 bits per heavy atom. The number of aliphatic carboxylic acids is 1. The molecular weight excluding hydrogens is 364 g/mol. The number of carboxylic acid groups (broad SMARTS) is 1. The third-order valence-corrected chi connectivity index (χ3v) is 4.95. The molecule has 136 valence electrons. The van der Waals surface area contributed by atoms with Crippen LogP contribution in [-0.2, 0) is 11.2 Å². The van der Waals surface area contributed by atoms with Gasteiger partial charge in [0.2, 0.25) is 0 Å². The van der Waals surface area contributed by atoms with Gasteiger partial charge in [0.05, 0.1) is 10.6 Å². The summed E-state index contributed by atoms with van der Waals surface area (Å²) in [7, 11) is 0. The van der Waals surface area contributed by atoms with Crippen LogP contribution in [0.3, 0.4) is 0 Å². The SMILES string of the molecule is O=C(O)[C@H](Cc1ccc([N+](=O)[O-])s1)N=C(c1ccccc1)c1ccccc1. The summed E-state index contributed by atoms with van der Waals surface area (Å²) in [5, 5.41) is 20.5. The molecule has 0 aliphatic heterocycles. The van der Waals surface area contributed by atoms with Crippen molar-refractivity contribution >= 4 is 28.0 Å². The highest BCUT2D eigenvalue weighted by Gasteiger charge is 2.21. The second-order valence-electron chi connectivity index (χ2n) is 5.76. The van der Waals surface area contributed by atoms with E-state index in [-0.39, 0.29) is 11.4 Å². The van der Waals surface area contributed by atoms with Crippen LogP contribution < -0.4 is 0 Å². The summed E-state index contributed by atoms with van der Waals surface area (Å²) >= 11 is 0.974. The Morgan fingerprint density at radius 3 is 2.00 bits per heavy atom. The monoisotopic (exact) mass is 380 g/mol. The molecule has 0 saturated heterocycles. The van der Waals surface area contributed by atoms with Crippen molar-refractivity contribution in [3.63, 3.8) is 0 Å². The van der Waals surface area contributed by atoms with E-state index in [1.807, 2.05) is 60.7 Å². The molecule has 0 saturated carbocycles. The van der Waals surface area contributed by atoms with E-state index in [0.717, 1.165) is 22.5 Å². The standard InChI is InChI=1S/C20H16N2O4S/c23-20(24)17(13-16-11-12-18(27-16)22(25)26)21-19(14-7-3-1-4-8-14)15-9-5-2-6-10-15/h1-12,17H,13H2,(H,23,24)/t17-/m0/s1. The van der Waals surface area contributed by atoms with Crippen LogP contribution in [0.2, 0.25) is 0 Å². The topological polar surface area (TPSA) is 92.8 Å². The number of nitrogens with zero attached hydrogens (tertiary/aromatic N) is 2. The summed E-state index contributed by atoms with van der Waals surface area (Å²) in [5.41, 5.74) is 2.20. The van der Waals surface area contributed by atoms with E-state index in [1.54, 1.807) is 6.07 Å². The van der Waals surface area contributed by atoms with E-state index >= 15 is 0 Å². The first-order chi connectivity index (χ1) is 13.0. The molecule has 0 amide bonds. The summed E-state index contributed by atoms with van der Waals surface area (Å²) in [6, 6.07) is 20.7. The first kappa shape index (κ1) is 18.5. The van der Waals surface area contributed by atoms with Gasteiger partial charge in [-0.3, -0.25) is 15.1 Å². The van der Waals surface area contributed by atoms with E-state index < -0.39 is 16.9 Å². The van der Waals surface area contributed by atoms with Crippen molar-refractivity contribution in [2.75, 3.05) is 0 Å². The smallest absolute Gasteiger partial charge is 0.328 e. The Labute approximate surface area is 159 Å². The number of carbonyl (C=O) groups is 1. The van der Waals surface area contributed by atoms with Gasteiger partial charge < -0.3 is 5.11 Å². The third-order valence-electron chi connectivity index (χ3n) is 3.89. The van der Waals surface area contributed by atoms with Crippen LogP contribution >= 0.6 is 11.3 Å². The van der Waals surface area contributed by atoms with Gasteiger partial charge >= 0.3 is 11.0 Å². The van der Waals surface area contributed by atoms with Gasteiger partial charge in [0.25, 0.3) is 0 Å². The molecule has 0 unspecified atom stereocenters. The molecular formula is C20H16N2O4S. The van der Waals surface area contributed by atoms with Gasteiger partial charge in [0.15, 0.2) is 6.04 Å². The summed E-state index contributed by atoms with van der Waals surface area (Å²) in [5.74, 6) is -1.07.